The predicted molar refractivity (Wildman–Crippen MR) is 97.2 cm³/mol. The van der Waals surface area contributed by atoms with E-state index in [1.54, 1.807) is 25.3 Å². The van der Waals surface area contributed by atoms with Crippen molar-refractivity contribution in [3.63, 3.8) is 0 Å². The number of fused-ring (bicyclic) bond motifs is 1. The summed E-state index contributed by atoms with van der Waals surface area (Å²) < 4.78 is 6.44. The first-order valence-corrected chi connectivity index (χ1v) is 8.18. The Morgan fingerprint density at radius 1 is 1.33 bits per heavy atom. The minimum Gasteiger partial charge on any atom is -0.462 e. The van der Waals surface area contributed by atoms with Gasteiger partial charge in [-0.1, -0.05) is 11.6 Å². The number of rotatable bonds is 5. The average molecular weight is 389 g/mol. The van der Waals surface area contributed by atoms with Crippen molar-refractivity contribution in [2.24, 2.45) is 0 Å². The third-order valence-corrected chi connectivity index (χ3v) is 4.00. The zero-order valence-corrected chi connectivity index (χ0v) is 14.8. The van der Waals surface area contributed by atoms with Crippen LogP contribution >= 0.6 is 11.6 Å². The average Bonchev–Trinajstić information content (AvgIpc) is 3.05. The lowest BCUT2D eigenvalue weighted by Gasteiger charge is -2.07. The first-order chi connectivity index (χ1) is 12.9. The van der Waals surface area contributed by atoms with Crippen molar-refractivity contribution in [1.82, 2.24) is 9.61 Å². The Balaban J connectivity index is 1.89. The number of nitrogens with one attached hydrogen (secondary N) is 1. The number of hydrogen-bond donors (Lipinski definition) is 1. The lowest BCUT2D eigenvalue weighted by Crippen LogP contribution is -2.12. The molecule has 1 aromatic carbocycles. The smallest absolute Gasteiger partial charge is 0.341 e. The molecule has 0 spiro atoms. The van der Waals surface area contributed by atoms with Crippen molar-refractivity contribution in [2.75, 3.05) is 11.9 Å². The summed E-state index contributed by atoms with van der Waals surface area (Å²) in [5.74, 6) is -1.08. The van der Waals surface area contributed by atoms with E-state index in [1.165, 1.54) is 22.8 Å². The van der Waals surface area contributed by atoms with Crippen LogP contribution in [-0.4, -0.2) is 33.0 Å². The van der Waals surface area contributed by atoms with Gasteiger partial charge < -0.3 is 10.1 Å². The standard InChI is InChI=1S/C17H13ClN4O5/c1-2-27-17(24)12-9-19-21-6-5-11(8-14(12)21)20-16(23)10-3-4-13(18)15(7-10)22(25)26/h3-9H,2H2,1H3,(H,20,23). The molecule has 0 atom stereocenters. The lowest BCUT2D eigenvalue weighted by atomic mass is 10.2. The molecule has 0 unspecified atom stereocenters. The molecule has 0 aliphatic carbocycles. The highest BCUT2D eigenvalue weighted by atomic mass is 35.5. The number of benzene rings is 1. The number of halogens is 1. The number of nitro groups is 1. The van der Waals surface area contributed by atoms with Crippen LogP contribution in [0.4, 0.5) is 11.4 Å². The number of nitro benzene ring substituents is 1. The summed E-state index contributed by atoms with van der Waals surface area (Å²) in [4.78, 5) is 34.7. The van der Waals surface area contributed by atoms with E-state index in [4.69, 9.17) is 16.3 Å². The number of carbonyl (C=O) groups is 2. The van der Waals surface area contributed by atoms with Gasteiger partial charge in [-0.2, -0.15) is 5.10 Å². The number of anilines is 1. The van der Waals surface area contributed by atoms with Crippen LogP contribution in [0, 0.1) is 10.1 Å². The number of ether oxygens (including phenoxy) is 1. The van der Waals surface area contributed by atoms with Gasteiger partial charge in [0, 0.05) is 23.5 Å². The van der Waals surface area contributed by atoms with E-state index in [-0.39, 0.29) is 28.4 Å². The van der Waals surface area contributed by atoms with Gasteiger partial charge in [0.05, 0.1) is 23.2 Å². The number of nitrogens with zero attached hydrogens (tertiary/aromatic N) is 3. The summed E-state index contributed by atoms with van der Waals surface area (Å²) in [6.07, 6.45) is 2.94. The molecule has 9 nitrogen and oxygen atoms in total. The van der Waals surface area contributed by atoms with Gasteiger partial charge in [0.25, 0.3) is 11.6 Å². The molecule has 0 bridgehead atoms. The molecule has 138 valence electrons. The molecule has 2 heterocycles. The van der Waals surface area contributed by atoms with Crippen molar-refractivity contribution < 1.29 is 19.2 Å². The van der Waals surface area contributed by atoms with E-state index in [0.29, 0.717) is 11.2 Å². The summed E-state index contributed by atoms with van der Waals surface area (Å²) in [5, 5.41) is 17.6. The molecule has 0 aliphatic heterocycles. The highest BCUT2D eigenvalue weighted by molar-refractivity contribution is 6.32. The van der Waals surface area contributed by atoms with Gasteiger partial charge in [-0.3, -0.25) is 14.9 Å². The van der Waals surface area contributed by atoms with Gasteiger partial charge in [0.15, 0.2) is 0 Å². The normalized spacial score (nSPS) is 10.6. The van der Waals surface area contributed by atoms with Crippen LogP contribution in [0.15, 0.2) is 42.7 Å². The number of esters is 1. The van der Waals surface area contributed by atoms with Gasteiger partial charge in [0.2, 0.25) is 0 Å². The number of aromatic nitrogens is 2. The molecule has 2 aromatic heterocycles. The van der Waals surface area contributed by atoms with Crippen LogP contribution in [0.3, 0.4) is 0 Å². The molecule has 0 fully saturated rings. The molecule has 0 saturated heterocycles. The van der Waals surface area contributed by atoms with E-state index in [9.17, 15) is 19.7 Å². The van der Waals surface area contributed by atoms with Crippen LogP contribution in [0.5, 0.6) is 0 Å². The zero-order valence-electron chi connectivity index (χ0n) is 14.0. The highest BCUT2D eigenvalue weighted by Crippen LogP contribution is 2.25. The van der Waals surface area contributed by atoms with Crippen LogP contribution in [-0.2, 0) is 4.74 Å². The van der Waals surface area contributed by atoms with Crippen molar-refractivity contribution >= 4 is 40.4 Å². The predicted octanol–water partition coefficient (Wildman–Crippen LogP) is 3.32. The van der Waals surface area contributed by atoms with Gasteiger partial charge in [-0.15, -0.1) is 0 Å². The second kappa shape index (κ2) is 7.42. The van der Waals surface area contributed by atoms with E-state index in [0.717, 1.165) is 6.07 Å². The maximum atomic E-state index is 12.4. The Bertz CT molecular complexity index is 1060. The quantitative estimate of drug-likeness (QED) is 0.407. The number of carbonyl (C=O) groups excluding carboxylic acids is 2. The molecule has 27 heavy (non-hydrogen) atoms. The number of amides is 1. The topological polar surface area (TPSA) is 116 Å². The Morgan fingerprint density at radius 3 is 2.81 bits per heavy atom. The van der Waals surface area contributed by atoms with Crippen LogP contribution < -0.4 is 5.32 Å². The summed E-state index contributed by atoms with van der Waals surface area (Å²) >= 11 is 5.75. The molecular weight excluding hydrogens is 376 g/mol. The molecule has 0 saturated carbocycles. The molecular formula is C17H13ClN4O5. The number of pyridine rings is 1. The third-order valence-electron chi connectivity index (χ3n) is 3.68. The summed E-state index contributed by atoms with van der Waals surface area (Å²) in [6.45, 7) is 1.92. The molecule has 0 radical (unpaired) electrons. The maximum Gasteiger partial charge on any atom is 0.341 e. The molecule has 1 N–H and O–H groups in total. The van der Waals surface area contributed by atoms with E-state index < -0.39 is 16.8 Å². The monoisotopic (exact) mass is 388 g/mol. The zero-order chi connectivity index (χ0) is 19.6. The second-order valence-corrected chi connectivity index (χ2v) is 5.81. The SMILES string of the molecule is CCOC(=O)c1cnn2ccc(NC(=O)c3ccc(Cl)c([N+](=O)[O-])c3)cc12. The summed E-state index contributed by atoms with van der Waals surface area (Å²) in [6, 6.07) is 6.90. The maximum absolute atomic E-state index is 12.4. The summed E-state index contributed by atoms with van der Waals surface area (Å²) in [5.41, 5.74) is 0.810. The first-order valence-electron chi connectivity index (χ1n) is 7.80. The third kappa shape index (κ3) is 3.72. The van der Waals surface area contributed by atoms with Crippen molar-refractivity contribution in [3.8, 4) is 0 Å². The molecule has 1 amide bonds. The van der Waals surface area contributed by atoms with Crippen LogP contribution in [0.25, 0.3) is 5.52 Å². The van der Waals surface area contributed by atoms with Gasteiger partial charge in [-0.25, -0.2) is 9.31 Å². The van der Waals surface area contributed by atoms with E-state index >= 15 is 0 Å². The summed E-state index contributed by atoms with van der Waals surface area (Å²) in [7, 11) is 0. The van der Waals surface area contributed by atoms with Crippen molar-refractivity contribution in [3.05, 3.63) is 69.0 Å². The molecule has 3 rings (SSSR count). The highest BCUT2D eigenvalue weighted by Gasteiger charge is 2.18. The molecule has 10 heteroatoms. The van der Waals surface area contributed by atoms with Crippen LogP contribution in [0.2, 0.25) is 5.02 Å². The van der Waals surface area contributed by atoms with Gasteiger partial charge in [-0.05, 0) is 31.2 Å². The van der Waals surface area contributed by atoms with Crippen LogP contribution in [0.1, 0.15) is 27.6 Å². The lowest BCUT2D eigenvalue weighted by molar-refractivity contribution is -0.384. The minimum absolute atomic E-state index is 0.0590. The van der Waals surface area contributed by atoms with E-state index in [2.05, 4.69) is 10.4 Å². The Hall–Kier alpha value is -3.46. The Morgan fingerprint density at radius 2 is 2.11 bits per heavy atom. The minimum atomic E-state index is -0.664. The fraction of sp³-hybridized carbons (Fsp3) is 0.118. The molecule has 0 aliphatic rings. The van der Waals surface area contributed by atoms with Gasteiger partial charge in [0.1, 0.15) is 10.6 Å². The Kier molecular flexibility index (Phi) is 5.04. The first kappa shape index (κ1) is 18.3. The largest absolute Gasteiger partial charge is 0.462 e. The Labute approximate surface area is 157 Å². The van der Waals surface area contributed by atoms with E-state index in [1.807, 2.05) is 0 Å². The number of hydrogen-bond acceptors (Lipinski definition) is 6. The van der Waals surface area contributed by atoms with Gasteiger partial charge >= 0.3 is 5.97 Å². The van der Waals surface area contributed by atoms with Crippen molar-refractivity contribution in [2.45, 2.75) is 6.92 Å². The molecule has 3 aromatic rings. The van der Waals surface area contributed by atoms with Crippen molar-refractivity contribution in [1.29, 1.82) is 0 Å². The fourth-order valence-electron chi connectivity index (χ4n) is 2.42. The fourth-order valence-corrected chi connectivity index (χ4v) is 2.61. The second-order valence-electron chi connectivity index (χ2n) is 5.40.